The van der Waals surface area contributed by atoms with Gasteiger partial charge in [-0.1, -0.05) is 13.8 Å². The number of sulfonamides is 1. The fraction of sp³-hybridized carbons (Fsp3) is 0.250. The molecule has 0 fully saturated rings. The van der Waals surface area contributed by atoms with Gasteiger partial charge in [0.1, 0.15) is 17.0 Å². The van der Waals surface area contributed by atoms with Gasteiger partial charge in [0, 0.05) is 16.9 Å². The highest BCUT2D eigenvalue weighted by Gasteiger charge is 2.18. The monoisotopic (exact) mass is 356 g/mol. The smallest absolute Gasteiger partial charge is 0.263 e. The number of hydrogen-bond acceptors (Lipinski definition) is 5. The van der Waals surface area contributed by atoms with Gasteiger partial charge in [-0.2, -0.15) is 0 Å². The maximum atomic E-state index is 12.2. The predicted molar refractivity (Wildman–Crippen MR) is 78.9 cm³/mol. The first kappa shape index (κ1) is 14.9. The minimum Gasteiger partial charge on any atom is -0.263 e. The van der Waals surface area contributed by atoms with Crippen LogP contribution in [0.25, 0.3) is 0 Å². The van der Waals surface area contributed by atoms with Crippen LogP contribution in [0.3, 0.4) is 0 Å². The number of anilines is 1. The number of pyridine rings is 1. The largest absolute Gasteiger partial charge is 0.264 e. The van der Waals surface area contributed by atoms with Crippen LogP contribution in [0, 0.1) is 0 Å². The molecule has 0 saturated heterocycles. The Hall–Kier alpha value is -1.54. The lowest BCUT2D eigenvalue weighted by molar-refractivity contribution is 0.600. The molecule has 0 spiro atoms. The Balaban J connectivity index is 2.33. The summed E-state index contributed by atoms with van der Waals surface area (Å²) in [6.45, 7) is 3.97. The van der Waals surface area contributed by atoms with Crippen LogP contribution in [0.2, 0.25) is 0 Å². The molecule has 2 aromatic heterocycles. The molecule has 106 valence electrons. The van der Waals surface area contributed by atoms with Crippen molar-refractivity contribution >= 4 is 31.8 Å². The van der Waals surface area contributed by atoms with Gasteiger partial charge in [0.25, 0.3) is 10.0 Å². The van der Waals surface area contributed by atoms with Crippen molar-refractivity contribution in [3.8, 4) is 0 Å². The highest BCUT2D eigenvalue weighted by Crippen LogP contribution is 2.25. The van der Waals surface area contributed by atoms with Crippen molar-refractivity contribution in [2.45, 2.75) is 24.7 Å². The van der Waals surface area contributed by atoms with Crippen molar-refractivity contribution < 1.29 is 8.42 Å². The minimum atomic E-state index is -3.71. The van der Waals surface area contributed by atoms with Gasteiger partial charge in [0.05, 0.1) is 5.69 Å². The molecule has 0 radical (unpaired) electrons. The van der Waals surface area contributed by atoms with Crippen molar-refractivity contribution in [3.63, 3.8) is 0 Å². The van der Waals surface area contributed by atoms with E-state index in [1.807, 2.05) is 13.8 Å². The third-order valence-corrected chi connectivity index (χ3v) is 4.48. The van der Waals surface area contributed by atoms with Gasteiger partial charge in [-0.05, 0) is 34.0 Å². The second kappa shape index (κ2) is 5.84. The normalized spacial score (nSPS) is 11.6. The predicted octanol–water partition coefficient (Wildman–Crippen LogP) is 2.56. The molecule has 0 atom stereocenters. The van der Waals surface area contributed by atoms with Gasteiger partial charge in [0.2, 0.25) is 0 Å². The highest BCUT2D eigenvalue weighted by atomic mass is 79.9. The first-order valence-electron chi connectivity index (χ1n) is 5.84. The first-order valence-corrected chi connectivity index (χ1v) is 8.12. The highest BCUT2D eigenvalue weighted by molar-refractivity contribution is 9.10. The molecule has 0 aliphatic heterocycles. The van der Waals surface area contributed by atoms with Crippen LogP contribution in [-0.2, 0) is 10.0 Å². The molecule has 2 aromatic rings. The van der Waals surface area contributed by atoms with Gasteiger partial charge in [-0.3, -0.25) is 9.71 Å². The van der Waals surface area contributed by atoms with E-state index in [0.717, 1.165) is 5.69 Å². The van der Waals surface area contributed by atoms with E-state index in [1.54, 1.807) is 0 Å². The van der Waals surface area contributed by atoms with Crippen LogP contribution in [0.5, 0.6) is 0 Å². The molecule has 0 aliphatic rings. The lowest BCUT2D eigenvalue weighted by Crippen LogP contribution is -2.14. The Morgan fingerprint density at radius 1 is 1.30 bits per heavy atom. The van der Waals surface area contributed by atoms with E-state index in [0.29, 0.717) is 4.47 Å². The standard InChI is InChI=1S/C12H13BrN4O2S/c1-8(2)12-10(13)5-9(6-15-12)20(18,19)17-11-3-4-14-7-16-11/h3-8H,1-2H3,(H,14,16,17). The first-order chi connectivity index (χ1) is 9.40. The van der Waals surface area contributed by atoms with Crippen LogP contribution in [0.4, 0.5) is 5.82 Å². The maximum absolute atomic E-state index is 12.2. The van der Waals surface area contributed by atoms with Gasteiger partial charge in [0.15, 0.2) is 0 Å². The summed E-state index contributed by atoms with van der Waals surface area (Å²) in [5.41, 5.74) is 0.811. The van der Waals surface area contributed by atoms with Crippen LogP contribution in [-0.4, -0.2) is 23.4 Å². The lowest BCUT2D eigenvalue weighted by Gasteiger charge is -2.10. The third kappa shape index (κ3) is 3.31. The van der Waals surface area contributed by atoms with E-state index in [1.165, 1.54) is 30.9 Å². The number of hydrogen-bond donors (Lipinski definition) is 1. The van der Waals surface area contributed by atoms with Crippen molar-refractivity contribution in [3.05, 3.63) is 41.0 Å². The summed E-state index contributed by atoms with van der Waals surface area (Å²) in [7, 11) is -3.71. The average Bonchev–Trinajstić information content (AvgIpc) is 2.38. The topological polar surface area (TPSA) is 84.8 Å². The molecular formula is C12H13BrN4O2S. The Kier molecular flexibility index (Phi) is 4.34. The summed E-state index contributed by atoms with van der Waals surface area (Å²) in [6, 6.07) is 3.01. The van der Waals surface area contributed by atoms with Crippen LogP contribution in [0.1, 0.15) is 25.5 Å². The van der Waals surface area contributed by atoms with Gasteiger partial charge in [-0.25, -0.2) is 18.4 Å². The molecule has 0 bridgehead atoms. The van der Waals surface area contributed by atoms with Crippen molar-refractivity contribution in [1.29, 1.82) is 0 Å². The molecule has 0 unspecified atom stereocenters. The molecule has 20 heavy (non-hydrogen) atoms. The second-order valence-electron chi connectivity index (χ2n) is 4.39. The molecule has 6 nitrogen and oxygen atoms in total. The van der Waals surface area contributed by atoms with Crippen molar-refractivity contribution in [1.82, 2.24) is 15.0 Å². The SMILES string of the molecule is CC(C)c1ncc(S(=O)(=O)Nc2ccncn2)cc1Br. The summed E-state index contributed by atoms with van der Waals surface area (Å²) < 4.78 is 27.4. The van der Waals surface area contributed by atoms with Crippen LogP contribution < -0.4 is 4.72 Å². The second-order valence-corrected chi connectivity index (χ2v) is 6.93. The van der Waals surface area contributed by atoms with Crippen molar-refractivity contribution in [2.75, 3.05) is 4.72 Å². The molecule has 1 N–H and O–H groups in total. The van der Waals surface area contributed by atoms with Gasteiger partial charge >= 0.3 is 0 Å². The van der Waals surface area contributed by atoms with Crippen LogP contribution in [0.15, 0.2) is 40.2 Å². The quantitative estimate of drug-likeness (QED) is 0.909. The zero-order valence-electron chi connectivity index (χ0n) is 10.9. The Bertz CT molecular complexity index is 705. The fourth-order valence-electron chi connectivity index (χ4n) is 1.55. The number of aromatic nitrogens is 3. The summed E-state index contributed by atoms with van der Waals surface area (Å²) in [4.78, 5) is 11.8. The van der Waals surface area contributed by atoms with E-state index in [9.17, 15) is 8.42 Å². The number of nitrogens with zero attached hydrogens (tertiary/aromatic N) is 3. The zero-order chi connectivity index (χ0) is 14.8. The number of rotatable bonds is 4. The molecule has 0 aliphatic carbocycles. The average molecular weight is 357 g/mol. The molecular weight excluding hydrogens is 344 g/mol. The lowest BCUT2D eigenvalue weighted by atomic mass is 10.1. The number of nitrogens with one attached hydrogen (secondary N) is 1. The van der Waals surface area contributed by atoms with Crippen LogP contribution >= 0.6 is 15.9 Å². The van der Waals surface area contributed by atoms with E-state index in [2.05, 4.69) is 35.6 Å². The molecule has 2 heterocycles. The minimum absolute atomic E-state index is 0.0763. The molecule has 0 aromatic carbocycles. The molecule has 0 amide bonds. The zero-order valence-corrected chi connectivity index (χ0v) is 13.3. The molecule has 8 heteroatoms. The Morgan fingerprint density at radius 2 is 2.05 bits per heavy atom. The summed E-state index contributed by atoms with van der Waals surface area (Å²) in [5.74, 6) is 0.417. The van der Waals surface area contributed by atoms with Crippen molar-refractivity contribution in [2.24, 2.45) is 0 Å². The fourth-order valence-corrected chi connectivity index (χ4v) is 3.49. The van der Waals surface area contributed by atoms with E-state index >= 15 is 0 Å². The number of halogens is 1. The van der Waals surface area contributed by atoms with E-state index in [4.69, 9.17) is 0 Å². The molecule has 2 rings (SSSR count). The summed E-state index contributed by atoms with van der Waals surface area (Å²) in [5, 5.41) is 0. The van der Waals surface area contributed by atoms with E-state index < -0.39 is 10.0 Å². The third-order valence-electron chi connectivity index (χ3n) is 2.52. The summed E-state index contributed by atoms with van der Waals surface area (Å²) >= 11 is 3.35. The maximum Gasteiger partial charge on any atom is 0.264 e. The summed E-state index contributed by atoms with van der Waals surface area (Å²) in [6.07, 6.45) is 4.07. The molecule has 0 saturated carbocycles. The van der Waals surface area contributed by atoms with E-state index in [-0.39, 0.29) is 16.6 Å². The Morgan fingerprint density at radius 3 is 2.60 bits per heavy atom. The van der Waals surface area contributed by atoms with Gasteiger partial charge in [-0.15, -0.1) is 0 Å². The Labute approximate surface area is 125 Å². The van der Waals surface area contributed by atoms with Gasteiger partial charge < -0.3 is 0 Å².